The normalized spacial score (nSPS) is 11.9. The minimum absolute atomic E-state index is 0.723. The van der Waals surface area contributed by atoms with E-state index in [1.807, 2.05) is 6.07 Å². The van der Waals surface area contributed by atoms with E-state index in [1.54, 1.807) is 11.3 Å². The van der Waals surface area contributed by atoms with E-state index in [1.165, 1.54) is 91.6 Å². The number of benzene rings is 12. The first-order valence-electron chi connectivity index (χ1n) is 22.9. The molecule has 0 fully saturated rings. The molecular weight excluding hydrogens is 829 g/mol. The third kappa shape index (κ3) is 6.09. The first-order chi connectivity index (χ1) is 33.2. The molecule has 67 heavy (non-hydrogen) atoms. The van der Waals surface area contributed by atoms with Gasteiger partial charge in [0.25, 0.3) is 0 Å². The van der Waals surface area contributed by atoms with Gasteiger partial charge in [-0.3, -0.25) is 0 Å². The minimum atomic E-state index is 0.723. The van der Waals surface area contributed by atoms with Crippen LogP contribution in [0.15, 0.2) is 231 Å². The van der Waals surface area contributed by atoms with Gasteiger partial charge >= 0.3 is 0 Å². The van der Waals surface area contributed by atoms with Crippen molar-refractivity contribution in [2.24, 2.45) is 0 Å². The molecule has 2 heterocycles. The summed E-state index contributed by atoms with van der Waals surface area (Å²) in [6.45, 7) is 0. The van der Waals surface area contributed by atoms with Gasteiger partial charge in [0.15, 0.2) is 5.82 Å². The molecule has 0 atom stereocenters. The van der Waals surface area contributed by atoms with Crippen LogP contribution in [0.2, 0.25) is 0 Å². The zero-order valence-corrected chi connectivity index (χ0v) is 37.1. The first kappa shape index (κ1) is 37.8. The Morgan fingerprint density at radius 3 is 1.09 bits per heavy atom. The van der Waals surface area contributed by atoms with Gasteiger partial charge < -0.3 is 0 Å². The molecule has 0 aliphatic rings. The molecule has 14 rings (SSSR count). The molecule has 0 aliphatic carbocycles. The van der Waals surface area contributed by atoms with E-state index >= 15 is 0 Å². The van der Waals surface area contributed by atoms with E-state index < -0.39 is 0 Å². The van der Waals surface area contributed by atoms with Crippen molar-refractivity contribution in [1.82, 2.24) is 9.97 Å². The molecule has 2 aromatic heterocycles. The smallest absolute Gasteiger partial charge is 0.160 e. The lowest BCUT2D eigenvalue weighted by atomic mass is 9.91. The number of nitrogens with zero attached hydrogens (tertiary/aromatic N) is 2. The van der Waals surface area contributed by atoms with Gasteiger partial charge in [-0.15, -0.1) is 11.3 Å². The zero-order chi connectivity index (χ0) is 44.0. The maximum absolute atomic E-state index is 5.38. The van der Waals surface area contributed by atoms with Crippen LogP contribution in [0.3, 0.4) is 0 Å². The SMILES string of the molecule is c1ccc(-c2nc(-c3cccc(-c4ccc5c6ccccc6c6ccccc6c5c4)c3)c3sc4ccc(-c5cccc(-c6ccc7c8ccccc8c8ccccc8c7c6)c5)cc4c3n2)cc1. The van der Waals surface area contributed by atoms with Crippen molar-refractivity contribution in [2.45, 2.75) is 0 Å². The second-order valence-electron chi connectivity index (χ2n) is 17.6. The van der Waals surface area contributed by atoms with E-state index in [-0.39, 0.29) is 0 Å². The molecule has 0 aliphatic heterocycles. The van der Waals surface area contributed by atoms with Crippen molar-refractivity contribution in [3.63, 3.8) is 0 Å². The number of hydrogen-bond acceptors (Lipinski definition) is 3. The number of thiophene rings is 1. The predicted octanol–water partition coefficient (Wildman–Crippen LogP) is 18.1. The van der Waals surface area contributed by atoms with Crippen LogP contribution in [0, 0.1) is 0 Å². The van der Waals surface area contributed by atoms with Gasteiger partial charge in [-0.1, -0.05) is 194 Å². The number of aromatic nitrogens is 2. The summed E-state index contributed by atoms with van der Waals surface area (Å²) in [5.41, 5.74) is 11.0. The van der Waals surface area contributed by atoms with E-state index in [4.69, 9.17) is 9.97 Å². The van der Waals surface area contributed by atoms with Crippen LogP contribution in [0.1, 0.15) is 0 Å². The first-order valence-corrected chi connectivity index (χ1v) is 23.7. The zero-order valence-electron chi connectivity index (χ0n) is 36.2. The van der Waals surface area contributed by atoms with Gasteiger partial charge in [0.2, 0.25) is 0 Å². The Bertz CT molecular complexity index is 4270. The fraction of sp³-hybridized carbons (Fsp3) is 0. The Kier molecular flexibility index (Phi) is 8.49. The monoisotopic (exact) mass is 866 g/mol. The lowest BCUT2D eigenvalue weighted by Crippen LogP contribution is -1.94. The fourth-order valence-corrected chi connectivity index (χ4v) is 11.8. The molecule has 3 heteroatoms. The van der Waals surface area contributed by atoms with Crippen LogP contribution < -0.4 is 0 Å². The summed E-state index contributed by atoms with van der Waals surface area (Å²) >= 11 is 1.77. The molecule has 0 amide bonds. The number of rotatable bonds is 5. The minimum Gasteiger partial charge on any atom is -0.226 e. The summed E-state index contributed by atoms with van der Waals surface area (Å²) in [4.78, 5) is 10.7. The Balaban J connectivity index is 0.897. The molecular formula is C64H38N2S. The second-order valence-corrected chi connectivity index (χ2v) is 18.7. The Labute approximate surface area is 390 Å². The van der Waals surface area contributed by atoms with Crippen LogP contribution in [0.5, 0.6) is 0 Å². The average Bonchev–Trinajstić information content (AvgIpc) is 3.79. The van der Waals surface area contributed by atoms with Crippen molar-refractivity contribution < 1.29 is 0 Å². The summed E-state index contributed by atoms with van der Waals surface area (Å²) < 4.78 is 2.28. The fourth-order valence-electron chi connectivity index (χ4n) is 10.6. The second kappa shape index (κ2) is 15.0. The van der Waals surface area contributed by atoms with Gasteiger partial charge in [-0.05, 0) is 134 Å². The number of fused-ring (bicyclic) bond motifs is 15. The van der Waals surface area contributed by atoms with Crippen molar-refractivity contribution in [2.75, 3.05) is 0 Å². The molecule has 0 saturated carbocycles. The third-order valence-corrected chi connectivity index (χ3v) is 15.0. The van der Waals surface area contributed by atoms with Crippen LogP contribution in [-0.2, 0) is 0 Å². The molecule has 0 N–H and O–H groups in total. The molecule has 310 valence electrons. The van der Waals surface area contributed by atoms with E-state index in [0.717, 1.165) is 49.4 Å². The van der Waals surface area contributed by atoms with Crippen molar-refractivity contribution in [3.05, 3.63) is 231 Å². The molecule has 0 bridgehead atoms. The highest BCUT2D eigenvalue weighted by atomic mass is 32.1. The molecule has 0 radical (unpaired) electrons. The van der Waals surface area contributed by atoms with Crippen LogP contribution in [-0.4, -0.2) is 9.97 Å². The lowest BCUT2D eigenvalue weighted by Gasteiger charge is -2.13. The quantitative estimate of drug-likeness (QED) is 0.161. The maximum Gasteiger partial charge on any atom is 0.160 e. The maximum atomic E-state index is 5.38. The molecule has 12 aromatic carbocycles. The van der Waals surface area contributed by atoms with Crippen LogP contribution in [0.4, 0.5) is 0 Å². The summed E-state index contributed by atoms with van der Waals surface area (Å²) in [7, 11) is 0. The van der Waals surface area contributed by atoms with Gasteiger partial charge in [0.05, 0.1) is 15.9 Å². The Morgan fingerprint density at radius 1 is 0.239 bits per heavy atom. The highest BCUT2D eigenvalue weighted by Gasteiger charge is 2.19. The topological polar surface area (TPSA) is 25.8 Å². The molecule has 0 unspecified atom stereocenters. The van der Waals surface area contributed by atoms with Crippen LogP contribution in [0.25, 0.3) is 141 Å². The summed E-state index contributed by atoms with van der Waals surface area (Å²) in [6.07, 6.45) is 0. The van der Waals surface area contributed by atoms with Gasteiger partial charge in [0.1, 0.15) is 0 Å². The third-order valence-electron chi connectivity index (χ3n) is 13.8. The van der Waals surface area contributed by atoms with Gasteiger partial charge in [-0.2, -0.15) is 0 Å². The molecule has 0 spiro atoms. The standard InChI is InChI=1S/C64H38N2S/c1-2-14-39(15-3-1)64-65-61(46-19-13-18-42(35-46)44-29-32-56-52-25-7-5-21-48(52)50-23-9-11-27-54(50)58(56)37-44)63-62(66-64)59-38-45(30-33-60(59)67-63)41-17-12-16-40(34-41)43-28-31-55-51-24-6-4-20-47(51)49-22-8-10-26-53(49)57(55)36-43/h1-38H. The molecule has 14 aromatic rings. The highest BCUT2D eigenvalue weighted by molar-refractivity contribution is 7.26. The lowest BCUT2D eigenvalue weighted by molar-refractivity contribution is 1.24. The molecule has 0 saturated heterocycles. The molecule has 2 nitrogen and oxygen atoms in total. The number of hydrogen-bond donors (Lipinski definition) is 0. The van der Waals surface area contributed by atoms with E-state index in [0.29, 0.717) is 0 Å². The van der Waals surface area contributed by atoms with Gasteiger partial charge in [-0.25, -0.2) is 9.97 Å². The van der Waals surface area contributed by atoms with E-state index in [2.05, 4.69) is 224 Å². The van der Waals surface area contributed by atoms with Gasteiger partial charge in [0, 0.05) is 21.2 Å². The summed E-state index contributed by atoms with van der Waals surface area (Å²) in [5.74, 6) is 0.723. The van der Waals surface area contributed by atoms with Crippen molar-refractivity contribution in [3.8, 4) is 56.0 Å². The van der Waals surface area contributed by atoms with Crippen molar-refractivity contribution in [1.29, 1.82) is 0 Å². The largest absolute Gasteiger partial charge is 0.226 e. The van der Waals surface area contributed by atoms with Crippen molar-refractivity contribution >= 4 is 96.3 Å². The summed E-state index contributed by atoms with van der Waals surface area (Å²) in [5, 5.41) is 16.5. The Morgan fingerprint density at radius 2 is 0.597 bits per heavy atom. The predicted molar refractivity (Wildman–Crippen MR) is 287 cm³/mol. The van der Waals surface area contributed by atoms with Crippen LogP contribution >= 0.6 is 11.3 Å². The highest BCUT2D eigenvalue weighted by Crippen LogP contribution is 2.44. The summed E-state index contributed by atoms with van der Waals surface area (Å²) in [6, 6.07) is 84.1. The van der Waals surface area contributed by atoms with E-state index in [9.17, 15) is 0 Å². The average molecular weight is 867 g/mol. The Hall–Kier alpha value is -8.50.